The summed E-state index contributed by atoms with van der Waals surface area (Å²) in [7, 11) is -0.917. The predicted octanol–water partition coefficient (Wildman–Crippen LogP) is 1.40. The third-order valence-electron chi connectivity index (χ3n) is 2.03. The third-order valence-corrected chi connectivity index (χ3v) is 2.03. The summed E-state index contributed by atoms with van der Waals surface area (Å²) in [5.74, 6) is 0. The van der Waals surface area contributed by atoms with Crippen molar-refractivity contribution >= 4 is 31.2 Å². The molecule has 0 unspecified atom stereocenters. The van der Waals surface area contributed by atoms with Crippen LogP contribution in [-0.4, -0.2) is 32.0 Å². The topological polar surface area (TPSA) is 57.5 Å². The molecule has 0 spiro atoms. The minimum absolute atomic E-state index is 0.157. The Bertz CT molecular complexity index is 330. The normalized spacial score (nSPS) is 9.27. The first kappa shape index (κ1) is 14.8. The van der Waals surface area contributed by atoms with E-state index >= 15 is 0 Å². The van der Waals surface area contributed by atoms with Crippen molar-refractivity contribution in [3.05, 3.63) is 34.4 Å². The van der Waals surface area contributed by atoms with Gasteiger partial charge in [0.05, 0.1) is 0 Å². The standard InChI is InChI=1S/C10H11O.Li.H3O2P/c1-7-4-8(2)10(6-11)9(3)5-7;;1-3-2/h4-5H,1-3H3;;1-3H. The summed E-state index contributed by atoms with van der Waals surface area (Å²) < 4.78 is 0.157. The van der Waals surface area contributed by atoms with Crippen LogP contribution >= 0.6 is 9.03 Å². The Morgan fingerprint density at radius 1 is 1.20 bits per heavy atom. The molecule has 0 aliphatic rings. The van der Waals surface area contributed by atoms with Crippen LogP contribution < -0.4 is 0 Å². The van der Waals surface area contributed by atoms with Crippen LogP contribution in [0.5, 0.6) is 0 Å². The van der Waals surface area contributed by atoms with Gasteiger partial charge >= 0.3 is 82.1 Å². The Kier molecular flexibility index (Phi) is 7.09. The van der Waals surface area contributed by atoms with Gasteiger partial charge in [0.2, 0.25) is 0 Å². The van der Waals surface area contributed by atoms with E-state index in [1.807, 2.05) is 32.9 Å². The summed E-state index contributed by atoms with van der Waals surface area (Å²) in [5, 5.41) is 0. The van der Waals surface area contributed by atoms with Crippen LogP contribution in [0.15, 0.2) is 12.1 Å². The van der Waals surface area contributed by atoms with Crippen molar-refractivity contribution in [1.29, 1.82) is 0 Å². The van der Waals surface area contributed by atoms with Crippen molar-refractivity contribution in [2.75, 3.05) is 0 Å². The fourth-order valence-corrected chi connectivity index (χ4v) is 1.74. The van der Waals surface area contributed by atoms with E-state index in [0.29, 0.717) is 0 Å². The van der Waals surface area contributed by atoms with Gasteiger partial charge in [0.15, 0.2) is 0 Å². The van der Waals surface area contributed by atoms with Gasteiger partial charge in [-0.05, 0) is 0 Å². The molecule has 0 aliphatic carbocycles. The first-order valence-electron chi connectivity index (χ1n) is 4.56. The predicted molar refractivity (Wildman–Crippen MR) is 63.5 cm³/mol. The Labute approximate surface area is 101 Å². The van der Waals surface area contributed by atoms with Crippen LogP contribution in [0.1, 0.15) is 27.0 Å². The monoisotopic (exact) mass is 220 g/mol. The van der Waals surface area contributed by atoms with Crippen LogP contribution in [0.3, 0.4) is 0 Å². The van der Waals surface area contributed by atoms with Gasteiger partial charge in [-0.1, -0.05) is 0 Å². The van der Waals surface area contributed by atoms with E-state index in [2.05, 4.69) is 0 Å². The molecule has 15 heavy (non-hydrogen) atoms. The molecule has 78 valence electrons. The van der Waals surface area contributed by atoms with Crippen LogP contribution in [-0.2, 0) is 0 Å². The van der Waals surface area contributed by atoms with Crippen molar-refractivity contribution in [3.63, 3.8) is 0 Å². The molecule has 0 atom stereocenters. The molecule has 3 nitrogen and oxygen atoms in total. The Hall–Kier alpha value is -0.163. The first-order chi connectivity index (χ1) is 6.93. The second-order valence-electron chi connectivity index (χ2n) is 3.43. The maximum absolute atomic E-state index is 11.2. The molecule has 0 heterocycles. The van der Waals surface area contributed by atoms with Crippen LogP contribution in [0.2, 0.25) is 0 Å². The molecule has 0 amide bonds. The zero-order chi connectivity index (χ0) is 12.0. The molecule has 0 saturated heterocycles. The summed E-state index contributed by atoms with van der Waals surface area (Å²) >= 11 is 1.62. The molecule has 1 rings (SSSR count). The summed E-state index contributed by atoms with van der Waals surface area (Å²) in [5.41, 5.74) is 4.26. The van der Waals surface area contributed by atoms with Crippen LogP contribution in [0.4, 0.5) is 0 Å². The Morgan fingerprint density at radius 2 is 1.53 bits per heavy atom. The van der Waals surface area contributed by atoms with E-state index in [9.17, 15) is 4.79 Å². The Balaban J connectivity index is 0.000000583. The van der Waals surface area contributed by atoms with E-state index in [1.54, 1.807) is 17.7 Å². The van der Waals surface area contributed by atoms with Gasteiger partial charge in [0.25, 0.3) is 0 Å². The van der Waals surface area contributed by atoms with Crippen molar-refractivity contribution in [2.24, 2.45) is 0 Å². The van der Waals surface area contributed by atoms with Gasteiger partial charge in [0, 0.05) is 0 Å². The fraction of sp³-hybridized carbons (Fsp3) is 0.300. The molecule has 0 fully saturated rings. The maximum atomic E-state index is 11.2. The van der Waals surface area contributed by atoms with Gasteiger partial charge in [-0.3, -0.25) is 0 Å². The molecule has 1 aromatic carbocycles. The van der Waals surface area contributed by atoms with E-state index < -0.39 is 9.03 Å². The second-order valence-corrected chi connectivity index (χ2v) is 3.63. The van der Waals surface area contributed by atoms with Gasteiger partial charge in [-0.2, -0.15) is 0 Å². The number of carbonyl (C=O) groups excluding carboxylic acids is 1. The van der Waals surface area contributed by atoms with Gasteiger partial charge in [0.1, 0.15) is 9.03 Å². The van der Waals surface area contributed by atoms with Crippen molar-refractivity contribution in [2.45, 2.75) is 20.8 Å². The quantitative estimate of drug-likeness (QED) is 0.555. The first-order valence-corrected chi connectivity index (χ1v) is 5.45. The summed E-state index contributed by atoms with van der Waals surface area (Å²) in [6.07, 6.45) is 0. The van der Waals surface area contributed by atoms with Crippen molar-refractivity contribution < 1.29 is 14.6 Å². The average molecular weight is 220 g/mol. The number of hydrogen-bond donors (Lipinski definition) is 2. The second kappa shape index (κ2) is 7.17. The van der Waals surface area contributed by atoms with E-state index in [-0.39, 0.29) is 4.46 Å². The van der Waals surface area contributed by atoms with Gasteiger partial charge in [-0.15, -0.1) is 0 Å². The number of hydrogen-bond acceptors (Lipinski definition) is 3. The summed E-state index contributed by atoms with van der Waals surface area (Å²) in [4.78, 5) is 25.5. The van der Waals surface area contributed by atoms with Crippen LogP contribution in [0.25, 0.3) is 0 Å². The molecule has 0 aromatic heterocycles. The number of aryl methyl sites for hydroxylation is 3. The fourth-order valence-electron chi connectivity index (χ4n) is 1.74. The Morgan fingerprint density at radius 3 is 1.80 bits per heavy atom. The van der Waals surface area contributed by atoms with E-state index in [4.69, 9.17) is 9.79 Å². The van der Waals surface area contributed by atoms with Crippen molar-refractivity contribution in [3.8, 4) is 0 Å². The molecule has 1 aromatic rings. The zero-order valence-corrected chi connectivity index (χ0v) is 10.5. The molecule has 0 bridgehead atoms. The molecule has 0 saturated carbocycles. The summed E-state index contributed by atoms with van der Waals surface area (Å²) in [6.45, 7) is 6.01. The number of benzene rings is 1. The van der Waals surface area contributed by atoms with Crippen molar-refractivity contribution in [1.82, 2.24) is 0 Å². The summed E-state index contributed by atoms with van der Waals surface area (Å²) in [6, 6.07) is 4.09. The molecule has 2 N–H and O–H groups in total. The van der Waals surface area contributed by atoms with E-state index in [0.717, 1.165) is 16.7 Å². The molecular weight excluding hydrogens is 206 g/mol. The SMILES string of the molecule is OPO.[Li][C](=O)c1c(C)cc(C)cc1C. The van der Waals surface area contributed by atoms with Gasteiger partial charge < -0.3 is 9.79 Å². The number of rotatable bonds is 1. The molecule has 0 aliphatic heterocycles. The van der Waals surface area contributed by atoms with Crippen LogP contribution in [0, 0.1) is 20.8 Å². The van der Waals surface area contributed by atoms with E-state index in [1.165, 1.54) is 5.56 Å². The minimum atomic E-state index is -0.917. The molecular formula is C10H14LiO3P. The molecule has 0 radical (unpaired) electrons. The zero-order valence-electron chi connectivity index (χ0n) is 9.46. The average Bonchev–Trinajstić information content (AvgIpc) is 2.01. The third kappa shape index (κ3) is 4.93. The van der Waals surface area contributed by atoms with Gasteiger partial charge in [-0.25, -0.2) is 0 Å². The molecule has 5 heteroatoms. The number of carbonyl (C=O) groups is 1.